The first kappa shape index (κ1) is 26.7. The van der Waals surface area contributed by atoms with Crippen LogP contribution >= 0.6 is 0 Å². The highest BCUT2D eigenvalue weighted by molar-refractivity contribution is 5.94. The third-order valence-corrected chi connectivity index (χ3v) is 7.95. The Morgan fingerprint density at radius 2 is 1.59 bits per heavy atom. The number of nitrogens with zero attached hydrogens (tertiary/aromatic N) is 2. The van der Waals surface area contributed by atoms with Crippen LogP contribution in [-0.4, -0.2) is 39.0 Å². The summed E-state index contributed by atoms with van der Waals surface area (Å²) in [4.78, 5) is 34.5. The molecule has 7 nitrogen and oxygen atoms in total. The van der Waals surface area contributed by atoms with Crippen LogP contribution in [-0.2, 0) is 11.2 Å². The fourth-order valence-corrected chi connectivity index (χ4v) is 5.64. The number of benzene rings is 2. The maximum atomic E-state index is 13.2. The third kappa shape index (κ3) is 6.92. The van der Waals surface area contributed by atoms with Crippen LogP contribution in [0, 0.1) is 23.7 Å². The van der Waals surface area contributed by atoms with E-state index in [0.29, 0.717) is 29.3 Å². The zero-order chi connectivity index (χ0) is 26.4. The summed E-state index contributed by atoms with van der Waals surface area (Å²) in [6.07, 6.45) is 5.16. The van der Waals surface area contributed by atoms with E-state index in [-0.39, 0.29) is 23.9 Å². The summed E-state index contributed by atoms with van der Waals surface area (Å²) in [5.74, 6) is 0.231. The highest BCUT2D eigenvalue weighted by Gasteiger charge is 2.35. The fraction of sp³-hybridized carbons (Fsp3) is 0.467. The number of aliphatic hydroxyl groups excluding tert-OH is 1. The summed E-state index contributed by atoms with van der Waals surface area (Å²) in [6, 6.07) is 16.4. The molecule has 1 aliphatic carbocycles. The molecule has 0 saturated heterocycles. The van der Waals surface area contributed by atoms with Gasteiger partial charge in [0.15, 0.2) is 0 Å². The third-order valence-electron chi connectivity index (χ3n) is 7.95. The second-order valence-corrected chi connectivity index (χ2v) is 10.7. The lowest BCUT2D eigenvalue weighted by Crippen LogP contribution is -2.47. The quantitative estimate of drug-likeness (QED) is 0.382. The summed E-state index contributed by atoms with van der Waals surface area (Å²) in [5.41, 5.74) is 8.34. The van der Waals surface area contributed by atoms with Crippen molar-refractivity contribution < 1.29 is 14.7 Å². The van der Waals surface area contributed by atoms with Gasteiger partial charge in [-0.25, -0.2) is 4.98 Å². The minimum Gasteiger partial charge on any atom is -0.391 e. The molecule has 196 valence electrons. The van der Waals surface area contributed by atoms with Gasteiger partial charge in [-0.15, -0.1) is 0 Å². The molecule has 4 rings (SSSR count). The van der Waals surface area contributed by atoms with Crippen LogP contribution in [0.15, 0.2) is 60.8 Å². The summed E-state index contributed by atoms with van der Waals surface area (Å²) < 4.78 is 0. The lowest BCUT2D eigenvalue weighted by molar-refractivity contribution is -0.125. The average Bonchev–Trinajstić information content (AvgIpc) is 2.91. The maximum absolute atomic E-state index is 13.2. The number of nitrogens with one attached hydrogen (secondary N) is 1. The van der Waals surface area contributed by atoms with Crippen molar-refractivity contribution in [2.24, 2.45) is 29.4 Å². The molecule has 0 spiro atoms. The van der Waals surface area contributed by atoms with E-state index in [1.165, 1.54) is 6.20 Å². The Morgan fingerprint density at radius 1 is 0.973 bits per heavy atom. The highest BCUT2D eigenvalue weighted by atomic mass is 16.3. The van der Waals surface area contributed by atoms with Crippen molar-refractivity contribution in [3.8, 4) is 0 Å². The minimum absolute atomic E-state index is 0.154. The fourth-order valence-electron chi connectivity index (χ4n) is 5.64. The predicted octanol–water partition coefficient (Wildman–Crippen LogP) is 4.29. The zero-order valence-corrected chi connectivity index (χ0v) is 21.7. The van der Waals surface area contributed by atoms with E-state index in [2.05, 4.69) is 29.1 Å². The minimum atomic E-state index is -0.946. The van der Waals surface area contributed by atoms with Crippen molar-refractivity contribution in [3.63, 3.8) is 0 Å². The summed E-state index contributed by atoms with van der Waals surface area (Å²) in [5, 5.41) is 14.3. The molecule has 1 saturated carbocycles. The molecule has 4 N–H and O–H groups in total. The molecular weight excluding hydrogens is 464 g/mol. The van der Waals surface area contributed by atoms with Crippen LogP contribution in [0.1, 0.15) is 62.0 Å². The van der Waals surface area contributed by atoms with Crippen LogP contribution in [0.2, 0.25) is 0 Å². The molecule has 1 aromatic heterocycles. The van der Waals surface area contributed by atoms with Crippen molar-refractivity contribution in [1.82, 2.24) is 15.3 Å². The average molecular weight is 503 g/mol. The van der Waals surface area contributed by atoms with Gasteiger partial charge in [0, 0.05) is 5.92 Å². The second-order valence-electron chi connectivity index (χ2n) is 10.7. The molecule has 1 aliphatic rings. The first-order valence-electron chi connectivity index (χ1n) is 13.4. The number of amides is 2. The SMILES string of the molecule is CC(C)C1CCC([C@H](C[C@H](O)[C@H](Cc2ccccc2)NC(=O)c2cnc3ccccc3n2)C(N)=O)CC1. The molecule has 37 heavy (non-hydrogen) atoms. The lowest BCUT2D eigenvalue weighted by Gasteiger charge is -2.36. The summed E-state index contributed by atoms with van der Waals surface area (Å²) in [7, 11) is 0. The van der Waals surface area contributed by atoms with Gasteiger partial charge in [0.05, 0.1) is 29.4 Å². The van der Waals surface area contributed by atoms with Crippen molar-refractivity contribution in [2.75, 3.05) is 0 Å². The molecule has 0 aliphatic heterocycles. The highest BCUT2D eigenvalue weighted by Crippen LogP contribution is 2.38. The number of aromatic nitrogens is 2. The van der Waals surface area contributed by atoms with Crippen LogP contribution < -0.4 is 11.1 Å². The van der Waals surface area contributed by atoms with Gasteiger partial charge in [0.25, 0.3) is 5.91 Å². The van der Waals surface area contributed by atoms with E-state index in [9.17, 15) is 14.7 Å². The van der Waals surface area contributed by atoms with Crippen molar-refractivity contribution >= 4 is 22.8 Å². The van der Waals surface area contributed by atoms with Crippen LogP contribution in [0.4, 0.5) is 0 Å². The van der Waals surface area contributed by atoms with Gasteiger partial charge < -0.3 is 16.2 Å². The van der Waals surface area contributed by atoms with Crippen LogP contribution in [0.25, 0.3) is 11.0 Å². The van der Waals surface area contributed by atoms with E-state index in [1.54, 1.807) is 6.07 Å². The van der Waals surface area contributed by atoms with Gasteiger partial charge in [-0.05, 0) is 74.0 Å². The van der Waals surface area contributed by atoms with Gasteiger partial charge in [-0.3, -0.25) is 14.6 Å². The standard InChI is InChI=1S/C30H38N4O3/c1-19(2)21-12-14-22(15-13-21)23(29(31)36)17-28(35)26(16-20-8-4-3-5-9-20)34-30(37)27-18-32-24-10-6-7-11-25(24)33-27/h3-11,18-19,21-23,26,28,35H,12-17H2,1-2H3,(H2,31,36)(H,34,37)/t21?,22?,23-,26-,28-/m0/s1. The van der Waals surface area contributed by atoms with E-state index in [0.717, 1.165) is 31.2 Å². The van der Waals surface area contributed by atoms with Gasteiger partial charge in [-0.1, -0.05) is 56.3 Å². The van der Waals surface area contributed by atoms with E-state index >= 15 is 0 Å². The Labute approximate surface area is 218 Å². The molecule has 0 bridgehead atoms. The molecule has 2 amide bonds. The monoisotopic (exact) mass is 502 g/mol. The van der Waals surface area contributed by atoms with Crippen LogP contribution in [0.5, 0.6) is 0 Å². The number of rotatable bonds is 10. The van der Waals surface area contributed by atoms with Crippen LogP contribution in [0.3, 0.4) is 0 Å². The van der Waals surface area contributed by atoms with E-state index in [1.807, 2.05) is 48.5 Å². The smallest absolute Gasteiger partial charge is 0.271 e. The van der Waals surface area contributed by atoms with Gasteiger partial charge in [0.2, 0.25) is 5.91 Å². The number of nitrogens with two attached hydrogens (primary N) is 1. The zero-order valence-electron chi connectivity index (χ0n) is 21.7. The van der Waals surface area contributed by atoms with E-state index in [4.69, 9.17) is 5.73 Å². The van der Waals surface area contributed by atoms with Gasteiger partial charge >= 0.3 is 0 Å². The maximum Gasteiger partial charge on any atom is 0.271 e. The Bertz CT molecular complexity index is 1190. The van der Waals surface area contributed by atoms with Gasteiger partial charge in [-0.2, -0.15) is 0 Å². The largest absolute Gasteiger partial charge is 0.391 e. The van der Waals surface area contributed by atoms with E-state index < -0.39 is 24.0 Å². The lowest BCUT2D eigenvalue weighted by atomic mass is 9.71. The number of primary amides is 1. The van der Waals surface area contributed by atoms with Gasteiger partial charge in [0.1, 0.15) is 5.69 Å². The summed E-state index contributed by atoms with van der Waals surface area (Å²) >= 11 is 0. The normalized spacial score (nSPS) is 20.3. The molecule has 3 aromatic rings. The number of hydrogen-bond donors (Lipinski definition) is 3. The molecule has 0 unspecified atom stereocenters. The number of hydrogen-bond acceptors (Lipinski definition) is 5. The molecule has 1 fully saturated rings. The Kier molecular flexibility index (Phi) is 8.87. The molecule has 2 aromatic carbocycles. The first-order chi connectivity index (χ1) is 17.8. The molecule has 3 atom stereocenters. The molecule has 7 heteroatoms. The first-order valence-corrected chi connectivity index (χ1v) is 13.4. The second kappa shape index (κ2) is 12.3. The van der Waals surface area contributed by atoms with Crippen molar-refractivity contribution in [2.45, 2.75) is 64.5 Å². The Morgan fingerprint density at radius 3 is 2.24 bits per heavy atom. The molecule has 1 heterocycles. The number of fused-ring (bicyclic) bond motifs is 1. The summed E-state index contributed by atoms with van der Waals surface area (Å²) in [6.45, 7) is 4.49. The number of para-hydroxylation sites is 2. The Balaban J connectivity index is 1.50. The Hall–Kier alpha value is -3.32. The molecular formula is C30H38N4O3. The number of carbonyl (C=O) groups is 2. The topological polar surface area (TPSA) is 118 Å². The number of aliphatic hydroxyl groups is 1. The van der Waals surface area contributed by atoms with Crippen molar-refractivity contribution in [3.05, 3.63) is 72.1 Å². The number of carbonyl (C=O) groups excluding carboxylic acids is 2. The van der Waals surface area contributed by atoms with Crippen molar-refractivity contribution in [1.29, 1.82) is 0 Å². The predicted molar refractivity (Wildman–Crippen MR) is 145 cm³/mol. The molecule has 0 radical (unpaired) electrons.